The molecule has 0 aromatic rings. The third-order valence-corrected chi connectivity index (χ3v) is 7.29. The summed E-state index contributed by atoms with van der Waals surface area (Å²) in [5, 5.41) is 13.4. The van der Waals surface area contributed by atoms with Crippen LogP contribution in [0.4, 0.5) is 0 Å². The number of aliphatic hydroxyl groups is 1. The fourth-order valence-corrected chi connectivity index (χ4v) is 6.65. The average molecular weight is 467 g/mol. The summed E-state index contributed by atoms with van der Waals surface area (Å²) >= 11 is 0. The first kappa shape index (κ1) is 25.9. The van der Waals surface area contributed by atoms with Gasteiger partial charge in [-0.15, -0.1) is 0 Å². The highest BCUT2D eigenvalue weighted by Crippen LogP contribution is 2.59. The van der Waals surface area contributed by atoms with Crippen LogP contribution in [0.2, 0.25) is 0 Å². The lowest BCUT2D eigenvalue weighted by Gasteiger charge is -2.41. The van der Waals surface area contributed by atoms with Crippen LogP contribution >= 0.6 is 0 Å². The van der Waals surface area contributed by atoms with Crippen molar-refractivity contribution in [3.05, 3.63) is 0 Å². The maximum Gasteiger partial charge on any atom is 0.312 e. The minimum Gasteiger partial charge on any atom is -0.466 e. The predicted octanol–water partition coefficient (Wildman–Crippen LogP) is 2.27. The molecule has 2 amide bonds. The molecule has 0 aliphatic carbocycles. The van der Waals surface area contributed by atoms with Crippen LogP contribution in [-0.4, -0.2) is 70.3 Å². The van der Waals surface area contributed by atoms with Crippen LogP contribution in [-0.2, 0) is 23.9 Å². The Bertz CT molecular complexity index is 788. The first-order valence-corrected chi connectivity index (χ1v) is 12.3. The summed E-state index contributed by atoms with van der Waals surface area (Å²) in [6.45, 7) is 15.8. The number of carbonyl (C=O) groups excluding carboxylic acids is 3. The Hall–Kier alpha value is -1.67. The molecule has 3 aliphatic heterocycles. The summed E-state index contributed by atoms with van der Waals surface area (Å²) in [4.78, 5) is 42.1. The van der Waals surface area contributed by atoms with Gasteiger partial charge in [0.25, 0.3) is 0 Å². The van der Waals surface area contributed by atoms with Crippen molar-refractivity contribution in [2.45, 2.75) is 104 Å². The maximum absolute atomic E-state index is 13.9. The van der Waals surface area contributed by atoms with E-state index in [4.69, 9.17) is 9.47 Å². The van der Waals surface area contributed by atoms with E-state index in [1.54, 1.807) is 6.92 Å². The number of fused-ring (bicyclic) bond motifs is 1. The van der Waals surface area contributed by atoms with Gasteiger partial charge in [0.05, 0.1) is 37.2 Å². The van der Waals surface area contributed by atoms with Crippen LogP contribution in [0.5, 0.6) is 0 Å². The number of amides is 2. The number of carbonyl (C=O) groups is 3. The molecule has 0 saturated carbocycles. The fourth-order valence-electron chi connectivity index (χ4n) is 6.65. The molecule has 8 nitrogen and oxygen atoms in total. The molecule has 2 N–H and O–H groups in total. The molecule has 0 radical (unpaired) electrons. The van der Waals surface area contributed by atoms with Crippen LogP contribution in [0.25, 0.3) is 0 Å². The minimum absolute atomic E-state index is 0.00827. The third kappa shape index (κ3) is 4.53. The summed E-state index contributed by atoms with van der Waals surface area (Å²) in [6.07, 6.45) is 1.44. The summed E-state index contributed by atoms with van der Waals surface area (Å²) < 4.78 is 11.7. The highest BCUT2D eigenvalue weighted by Gasteiger charge is 2.75. The minimum atomic E-state index is -1.08. The number of rotatable bonds is 8. The molecule has 3 heterocycles. The van der Waals surface area contributed by atoms with Crippen molar-refractivity contribution in [1.82, 2.24) is 10.2 Å². The monoisotopic (exact) mass is 466 g/mol. The lowest BCUT2D eigenvalue weighted by Crippen LogP contribution is -2.61. The Labute approximate surface area is 197 Å². The number of nitrogens with one attached hydrogen (secondary N) is 1. The summed E-state index contributed by atoms with van der Waals surface area (Å²) in [5.41, 5.74) is -1.60. The fraction of sp³-hybridized carbons (Fsp3) is 0.880. The van der Waals surface area contributed by atoms with Crippen molar-refractivity contribution < 1.29 is 29.0 Å². The van der Waals surface area contributed by atoms with Crippen molar-refractivity contribution in [3.63, 3.8) is 0 Å². The van der Waals surface area contributed by atoms with E-state index in [-0.39, 0.29) is 36.4 Å². The van der Waals surface area contributed by atoms with Crippen LogP contribution in [0, 0.1) is 23.2 Å². The Morgan fingerprint density at radius 3 is 2.42 bits per heavy atom. The molecule has 0 aromatic carbocycles. The van der Waals surface area contributed by atoms with Crippen molar-refractivity contribution in [3.8, 4) is 0 Å². The zero-order valence-electron chi connectivity index (χ0n) is 21.4. The van der Waals surface area contributed by atoms with E-state index in [1.165, 1.54) is 4.90 Å². The molecular formula is C25H42N2O6. The molecule has 1 spiro atoms. The van der Waals surface area contributed by atoms with Crippen molar-refractivity contribution in [2.75, 3.05) is 13.2 Å². The molecule has 3 fully saturated rings. The van der Waals surface area contributed by atoms with Gasteiger partial charge in [-0.2, -0.15) is 0 Å². The number of ether oxygens (including phenoxy) is 2. The Kier molecular flexibility index (Phi) is 6.95. The number of hydrogen-bond donors (Lipinski definition) is 2. The van der Waals surface area contributed by atoms with Gasteiger partial charge in [-0.3, -0.25) is 14.4 Å². The van der Waals surface area contributed by atoms with Gasteiger partial charge >= 0.3 is 5.97 Å². The number of hydrogen-bond acceptors (Lipinski definition) is 6. The number of nitrogens with zero attached hydrogens (tertiary/aromatic N) is 1. The van der Waals surface area contributed by atoms with Crippen LogP contribution in [0.15, 0.2) is 0 Å². The highest BCUT2D eigenvalue weighted by atomic mass is 16.6. The van der Waals surface area contributed by atoms with Crippen molar-refractivity contribution in [1.29, 1.82) is 0 Å². The van der Waals surface area contributed by atoms with E-state index >= 15 is 0 Å². The second-order valence-electron chi connectivity index (χ2n) is 12.2. The van der Waals surface area contributed by atoms with Crippen LogP contribution in [0.3, 0.4) is 0 Å². The van der Waals surface area contributed by atoms with Gasteiger partial charge in [0.15, 0.2) is 0 Å². The van der Waals surface area contributed by atoms with E-state index in [0.29, 0.717) is 12.8 Å². The summed E-state index contributed by atoms with van der Waals surface area (Å²) in [6, 6.07) is -1.46. The lowest BCUT2D eigenvalue weighted by atomic mass is 9.70. The van der Waals surface area contributed by atoms with Gasteiger partial charge in [-0.05, 0) is 51.4 Å². The van der Waals surface area contributed by atoms with E-state index in [2.05, 4.69) is 26.1 Å². The third-order valence-electron chi connectivity index (χ3n) is 7.29. The molecule has 0 unspecified atom stereocenters. The van der Waals surface area contributed by atoms with Gasteiger partial charge in [0.2, 0.25) is 11.8 Å². The summed E-state index contributed by atoms with van der Waals surface area (Å²) in [5.74, 6) is -2.60. The second kappa shape index (κ2) is 8.84. The number of likely N-dealkylation sites (tertiary alicyclic amines) is 1. The smallest absolute Gasteiger partial charge is 0.312 e. The zero-order chi connectivity index (χ0) is 24.9. The largest absolute Gasteiger partial charge is 0.466 e. The molecular weight excluding hydrogens is 424 g/mol. The SMILES string of the molecule is CCOC(=O)[C@@H]1[C@@H]2CC[C@]3(O2)[C@H](C(=O)NC(C)(C)CC(C)(C)C)N([C@@H](CO)C(C)C)C(=O)[C@@H]13. The number of esters is 1. The predicted molar refractivity (Wildman–Crippen MR) is 123 cm³/mol. The topological polar surface area (TPSA) is 105 Å². The normalized spacial score (nSPS) is 32.3. The molecule has 6 atom stereocenters. The lowest BCUT2D eigenvalue weighted by molar-refractivity contribution is -0.156. The van der Waals surface area contributed by atoms with E-state index in [9.17, 15) is 19.5 Å². The standard InChI is InChI=1S/C25H42N2O6/c1-9-32-22(31)17-16-10-11-25(33-16)18(17)21(30)27(15(12-28)14(2)3)19(25)20(29)26-24(7,8)13-23(4,5)6/h14-19,28H,9-13H2,1-8H3,(H,26,29)/t15-,16-,17+,18+,19-,25+/m0/s1. The molecule has 3 saturated heterocycles. The molecule has 0 aromatic heterocycles. The zero-order valence-corrected chi connectivity index (χ0v) is 21.4. The van der Waals surface area contributed by atoms with E-state index < -0.39 is 47.1 Å². The second-order valence-corrected chi connectivity index (χ2v) is 12.2. The van der Waals surface area contributed by atoms with Gasteiger partial charge in [-0.1, -0.05) is 34.6 Å². The quantitative estimate of drug-likeness (QED) is 0.532. The van der Waals surface area contributed by atoms with Crippen LogP contribution in [0.1, 0.15) is 74.7 Å². The first-order chi connectivity index (χ1) is 15.2. The van der Waals surface area contributed by atoms with Gasteiger partial charge in [0.1, 0.15) is 11.6 Å². The molecule has 3 rings (SSSR count). The molecule has 2 bridgehead atoms. The van der Waals surface area contributed by atoms with Gasteiger partial charge in [-0.25, -0.2) is 0 Å². The molecule has 33 heavy (non-hydrogen) atoms. The van der Waals surface area contributed by atoms with E-state index in [0.717, 1.165) is 6.42 Å². The van der Waals surface area contributed by atoms with E-state index in [1.807, 2.05) is 27.7 Å². The Balaban J connectivity index is 2.03. The molecule has 3 aliphatic rings. The van der Waals surface area contributed by atoms with Gasteiger partial charge in [0, 0.05) is 5.54 Å². The van der Waals surface area contributed by atoms with Crippen LogP contribution < -0.4 is 5.32 Å². The Morgan fingerprint density at radius 2 is 1.91 bits per heavy atom. The molecule has 188 valence electrons. The highest BCUT2D eigenvalue weighted by molar-refractivity contribution is 5.98. The maximum atomic E-state index is 13.9. The van der Waals surface area contributed by atoms with Crippen molar-refractivity contribution >= 4 is 17.8 Å². The first-order valence-electron chi connectivity index (χ1n) is 12.3. The summed E-state index contributed by atoms with van der Waals surface area (Å²) in [7, 11) is 0. The van der Waals surface area contributed by atoms with Gasteiger partial charge < -0.3 is 24.8 Å². The molecule has 8 heteroatoms. The Morgan fingerprint density at radius 1 is 1.27 bits per heavy atom. The number of aliphatic hydroxyl groups excluding tert-OH is 1. The van der Waals surface area contributed by atoms with Crippen molar-refractivity contribution in [2.24, 2.45) is 23.2 Å². The average Bonchev–Trinajstić information content (AvgIpc) is 3.27.